The molecular weight excluding hydrogens is 775 g/mol. The van der Waals surface area contributed by atoms with E-state index >= 15 is 0 Å². The van der Waals surface area contributed by atoms with E-state index in [2.05, 4.69) is 20.9 Å². The molecule has 3 aromatic rings. The number of aromatic nitrogens is 3. The second kappa shape index (κ2) is 19.3. The van der Waals surface area contributed by atoms with Gasteiger partial charge in [-0.25, -0.2) is 9.48 Å². The minimum atomic E-state index is -1.36. The molecule has 1 aromatic heterocycles. The summed E-state index contributed by atoms with van der Waals surface area (Å²) in [6.07, 6.45) is -4.26. The predicted octanol–water partition coefficient (Wildman–Crippen LogP) is 3.81. The molecule has 0 bridgehead atoms. The van der Waals surface area contributed by atoms with E-state index in [1.165, 1.54) is 43.4 Å². The van der Waals surface area contributed by atoms with Crippen LogP contribution in [0, 0.1) is 0 Å². The van der Waals surface area contributed by atoms with Crippen molar-refractivity contribution < 1.29 is 57.2 Å². The molecule has 2 heterocycles. The maximum absolute atomic E-state index is 13.5. The molecule has 1 aliphatic heterocycles. The molecule has 6 atom stereocenters. The lowest BCUT2D eigenvalue weighted by Crippen LogP contribution is -2.61. The predicted molar refractivity (Wildman–Crippen MR) is 208 cm³/mol. The Bertz CT molecular complexity index is 1940. The monoisotopic (exact) mass is 823 g/mol. The Morgan fingerprint density at radius 3 is 2.03 bits per heavy atom. The zero-order valence-corrected chi connectivity index (χ0v) is 34.2. The van der Waals surface area contributed by atoms with E-state index in [0.717, 1.165) is 22.3 Å². The number of amides is 2. The Morgan fingerprint density at radius 2 is 1.45 bits per heavy atom. The Morgan fingerprint density at radius 1 is 0.862 bits per heavy atom. The Labute approximate surface area is 340 Å². The normalized spacial score (nSPS) is 20.4. The molecule has 17 nitrogen and oxygen atoms in total. The number of ether oxygens (including phenoxy) is 6. The number of nitrogens with one attached hydrogen (secondary N) is 2. The Balaban J connectivity index is 1.26. The minimum Gasteiger partial charge on any atom is -0.460 e. The van der Waals surface area contributed by atoms with Gasteiger partial charge in [-0.15, -0.1) is 16.9 Å². The summed E-state index contributed by atoms with van der Waals surface area (Å²) < 4.78 is 35.4. The topological polar surface area (TPSA) is 213 Å². The fourth-order valence-electron chi connectivity index (χ4n) is 6.84. The van der Waals surface area contributed by atoms with Crippen molar-refractivity contribution >= 4 is 47.6 Å². The van der Waals surface area contributed by atoms with E-state index in [4.69, 9.17) is 28.4 Å². The van der Waals surface area contributed by atoms with Gasteiger partial charge in [0.2, 0.25) is 5.91 Å². The van der Waals surface area contributed by atoms with Gasteiger partial charge >= 0.3 is 30.0 Å². The largest absolute Gasteiger partial charge is 0.460 e. The SMILES string of the molecule is CCS[C@@H]1O[C@H](Cn2cc(CNC(=O)[C@H](CC(=O)OC(C)(C)C)NC(=O)OCC3c4ccccc4-c4ccccc43)nn2)[C@@H](OC(C)=O)[C@H](OC(C)=O)[C@H]1OC(C)=O. The smallest absolute Gasteiger partial charge is 0.407 e. The first-order chi connectivity index (χ1) is 27.5. The van der Waals surface area contributed by atoms with Gasteiger partial charge in [0.05, 0.1) is 25.7 Å². The van der Waals surface area contributed by atoms with Gasteiger partial charge in [-0.3, -0.25) is 24.0 Å². The van der Waals surface area contributed by atoms with Crippen LogP contribution in [0.4, 0.5) is 4.79 Å². The van der Waals surface area contributed by atoms with Crippen molar-refractivity contribution in [1.29, 1.82) is 0 Å². The molecular formula is C40H49N5O12S. The van der Waals surface area contributed by atoms with E-state index in [1.54, 1.807) is 20.8 Å². The Hall–Kier alpha value is -5.49. The van der Waals surface area contributed by atoms with Crippen molar-refractivity contribution in [3.63, 3.8) is 0 Å². The van der Waals surface area contributed by atoms with Crippen LogP contribution in [0.15, 0.2) is 54.7 Å². The minimum absolute atomic E-state index is 0.00330. The van der Waals surface area contributed by atoms with Gasteiger partial charge in [-0.2, -0.15) is 0 Å². The van der Waals surface area contributed by atoms with Crippen LogP contribution in [0.5, 0.6) is 0 Å². The van der Waals surface area contributed by atoms with Crippen molar-refractivity contribution in [2.24, 2.45) is 0 Å². The molecule has 18 heteroatoms. The second-order valence-electron chi connectivity index (χ2n) is 14.7. The zero-order valence-electron chi connectivity index (χ0n) is 33.4. The summed E-state index contributed by atoms with van der Waals surface area (Å²) in [4.78, 5) is 76.0. The van der Waals surface area contributed by atoms with Crippen LogP contribution < -0.4 is 10.6 Å². The van der Waals surface area contributed by atoms with Crippen molar-refractivity contribution in [3.05, 3.63) is 71.5 Å². The summed E-state index contributed by atoms with van der Waals surface area (Å²) in [5.41, 5.74) is 2.80. The van der Waals surface area contributed by atoms with E-state index in [0.29, 0.717) is 11.4 Å². The quantitative estimate of drug-likeness (QED) is 0.165. The molecule has 312 valence electrons. The van der Waals surface area contributed by atoms with Gasteiger partial charge in [-0.05, 0) is 48.8 Å². The molecule has 2 amide bonds. The number of thioether (sulfide) groups is 1. The van der Waals surface area contributed by atoms with Crippen LogP contribution in [0.2, 0.25) is 0 Å². The standard InChI is InChI=1S/C40H49N5O12S/c1-8-58-38-36(55-24(4)48)35(54-23(3)47)34(53-22(2)46)32(56-38)20-45-19-25(43-44-45)18-41-37(50)31(17-33(49)57-40(5,6)7)42-39(51)52-21-30-28-15-11-9-13-26(28)27-14-10-12-16-29(27)30/h9-16,19,30-32,34-36,38H,8,17-18,20-21H2,1-7H3,(H,41,50)(H,42,51)/t31-,32+,34+,35-,36+,38-/m0/s1. The van der Waals surface area contributed by atoms with Crippen LogP contribution in [0.3, 0.4) is 0 Å². The number of hydrogen-bond donors (Lipinski definition) is 2. The molecule has 1 saturated heterocycles. The first-order valence-corrected chi connectivity index (χ1v) is 19.9. The first-order valence-electron chi connectivity index (χ1n) is 18.8. The summed E-state index contributed by atoms with van der Waals surface area (Å²) in [6.45, 7) is 10.3. The highest BCUT2D eigenvalue weighted by Gasteiger charge is 2.52. The molecule has 58 heavy (non-hydrogen) atoms. The average molecular weight is 824 g/mol. The van der Waals surface area contributed by atoms with Crippen molar-refractivity contribution in [3.8, 4) is 11.1 Å². The third-order valence-corrected chi connectivity index (χ3v) is 10.0. The number of carbonyl (C=O) groups excluding carboxylic acids is 6. The fourth-order valence-corrected chi connectivity index (χ4v) is 7.79. The number of benzene rings is 2. The van der Waals surface area contributed by atoms with Crippen LogP contribution >= 0.6 is 11.8 Å². The van der Waals surface area contributed by atoms with Gasteiger partial charge in [0.15, 0.2) is 18.3 Å². The molecule has 0 unspecified atom stereocenters. The van der Waals surface area contributed by atoms with Crippen LogP contribution in [-0.4, -0.2) is 105 Å². The lowest BCUT2D eigenvalue weighted by Gasteiger charge is -2.44. The van der Waals surface area contributed by atoms with Gasteiger partial charge in [0.1, 0.15) is 35.5 Å². The summed E-state index contributed by atoms with van der Waals surface area (Å²) in [6, 6.07) is 14.4. The molecule has 1 aliphatic carbocycles. The molecule has 0 radical (unpaired) electrons. The molecule has 0 spiro atoms. The molecule has 2 N–H and O–H groups in total. The summed E-state index contributed by atoms with van der Waals surface area (Å²) >= 11 is 1.31. The maximum Gasteiger partial charge on any atom is 0.407 e. The summed E-state index contributed by atoms with van der Waals surface area (Å²) in [5.74, 6) is -3.10. The fraction of sp³-hybridized carbons (Fsp3) is 0.500. The summed E-state index contributed by atoms with van der Waals surface area (Å²) in [5, 5.41) is 13.5. The average Bonchev–Trinajstić information content (AvgIpc) is 3.73. The first kappa shape index (κ1) is 43.6. The van der Waals surface area contributed by atoms with Gasteiger partial charge in [-0.1, -0.05) is 60.7 Å². The number of rotatable bonds is 15. The van der Waals surface area contributed by atoms with Gasteiger partial charge < -0.3 is 39.1 Å². The summed E-state index contributed by atoms with van der Waals surface area (Å²) in [7, 11) is 0. The van der Waals surface area contributed by atoms with Crippen LogP contribution in [0.25, 0.3) is 11.1 Å². The lowest BCUT2D eigenvalue weighted by atomic mass is 9.98. The maximum atomic E-state index is 13.5. The van der Waals surface area contributed by atoms with Gasteiger partial charge in [0.25, 0.3) is 0 Å². The number of esters is 4. The number of carbonyl (C=O) groups is 6. The highest BCUT2D eigenvalue weighted by molar-refractivity contribution is 7.99. The number of alkyl carbamates (subject to hydrolysis) is 1. The Kier molecular flexibility index (Phi) is 14.5. The van der Waals surface area contributed by atoms with Crippen LogP contribution in [-0.2, 0) is 65.5 Å². The van der Waals surface area contributed by atoms with Crippen molar-refractivity contribution in [2.45, 2.75) is 115 Å². The molecule has 2 aromatic carbocycles. The van der Waals surface area contributed by atoms with E-state index in [9.17, 15) is 28.8 Å². The molecule has 5 rings (SSSR count). The highest BCUT2D eigenvalue weighted by Crippen LogP contribution is 2.44. The molecule has 1 fully saturated rings. The third kappa shape index (κ3) is 11.6. The van der Waals surface area contributed by atoms with Gasteiger partial charge in [0, 0.05) is 26.7 Å². The van der Waals surface area contributed by atoms with E-state index in [-0.39, 0.29) is 25.6 Å². The zero-order chi connectivity index (χ0) is 42.1. The van der Waals surface area contributed by atoms with Crippen LogP contribution in [0.1, 0.15) is 77.6 Å². The lowest BCUT2D eigenvalue weighted by molar-refractivity contribution is -0.233. The second-order valence-corrected chi connectivity index (χ2v) is 16.1. The van der Waals surface area contributed by atoms with Crippen molar-refractivity contribution in [2.75, 3.05) is 12.4 Å². The number of fused-ring (bicyclic) bond motifs is 3. The molecule has 2 aliphatic rings. The number of nitrogens with zero attached hydrogens (tertiary/aromatic N) is 3. The van der Waals surface area contributed by atoms with Crippen molar-refractivity contribution in [1.82, 2.24) is 25.6 Å². The number of hydrogen-bond acceptors (Lipinski definition) is 15. The van der Waals surface area contributed by atoms with E-state index in [1.807, 2.05) is 55.5 Å². The molecule has 0 saturated carbocycles. The van der Waals surface area contributed by atoms with E-state index < -0.39 is 83.8 Å². The highest BCUT2D eigenvalue weighted by atomic mass is 32.2. The third-order valence-electron chi connectivity index (χ3n) is 8.97.